The summed E-state index contributed by atoms with van der Waals surface area (Å²) in [6, 6.07) is 20.7. The second kappa shape index (κ2) is 4.25. The lowest BCUT2D eigenvalue weighted by Gasteiger charge is -2.06. The molecule has 0 spiro atoms. The van der Waals surface area contributed by atoms with Crippen molar-refractivity contribution in [3.63, 3.8) is 0 Å². The summed E-state index contributed by atoms with van der Waals surface area (Å²) < 4.78 is 0. The van der Waals surface area contributed by atoms with Crippen LogP contribution in [0.15, 0.2) is 67.1 Å². The summed E-state index contributed by atoms with van der Waals surface area (Å²) in [6.45, 7) is 0. The van der Waals surface area contributed by atoms with Gasteiger partial charge in [-0.25, -0.2) is 0 Å². The first-order valence-electron chi connectivity index (χ1n) is 7.27. The van der Waals surface area contributed by atoms with Gasteiger partial charge in [-0.3, -0.25) is 9.97 Å². The molecule has 0 unspecified atom stereocenters. The third kappa shape index (κ3) is 1.49. The second-order valence-electron chi connectivity index (χ2n) is 5.46. The molecule has 0 bridgehead atoms. The van der Waals surface area contributed by atoms with Gasteiger partial charge >= 0.3 is 0 Å². The maximum absolute atomic E-state index is 4.41. The van der Waals surface area contributed by atoms with Crippen LogP contribution in [0.3, 0.4) is 0 Å². The van der Waals surface area contributed by atoms with Gasteiger partial charge in [0, 0.05) is 24.0 Å². The molecule has 0 atom stereocenters. The van der Waals surface area contributed by atoms with Crippen LogP contribution in [0.1, 0.15) is 0 Å². The van der Waals surface area contributed by atoms with Gasteiger partial charge in [0.2, 0.25) is 0 Å². The van der Waals surface area contributed by atoms with Gasteiger partial charge in [0.25, 0.3) is 0 Å². The molecule has 0 fully saturated rings. The largest absolute Gasteiger partial charge is 0.261 e. The third-order valence-corrected chi connectivity index (χ3v) is 4.23. The van der Waals surface area contributed by atoms with Crippen LogP contribution in [0, 0.1) is 6.07 Å². The Bertz CT molecular complexity index is 1020. The fourth-order valence-corrected chi connectivity index (χ4v) is 3.30. The fraction of sp³-hybridized carbons (Fsp3) is 0. The van der Waals surface area contributed by atoms with Gasteiger partial charge in [0.15, 0.2) is 0 Å². The highest BCUT2D eigenvalue weighted by atomic mass is 14.8. The van der Waals surface area contributed by atoms with E-state index in [1.165, 1.54) is 33.0 Å². The van der Waals surface area contributed by atoms with Crippen LogP contribution in [0.25, 0.3) is 44.3 Å². The van der Waals surface area contributed by atoms with Crippen molar-refractivity contribution in [3.05, 3.63) is 73.2 Å². The summed E-state index contributed by atoms with van der Waals surface area (Å²) in [4.78, 5) is 8.58. The number of aromatic nitrogens is 2. The summed E-state index contributed by atoms with van der Waals surface area (Å²) >= 11 is 0. The Hall–Kier alpha value is -3.00. The minimum absolute atomic E-state index is 0.857. The summed E-state index contributed by atoms with van der Waals surface area (Å²) in [5.74, 6) is 0. The number of rotatable bonds is 1. The van der Waals surface area contributed by atoms with Gasteiger partial charge in [-0.15, -0.1) is 0 Å². The average Bonchev–Trinajstić information content (AvgIpc) is 2.92. The van der Waals surface area contributed by atoms with Gasteiger partial charge < -0.3 is 0 Å². The van der Waals surface area contributed by atoms with Gasteiger partial charge in [-0.2, -0.15) is 0 Å². The number of fused-ring (bicyclic) bond motifs is 3. The summed E-state index contributed by atoms with van der Waals surface area (Å²) in [6.07, 6.45) is 5.20. The van der Waals surface area contributed by atoms with E-state index in [2.05, 4.69) is 64.6 Å². The van der Waals surface area contributed by atoms with E-state index in [1.54, 1.807) is 18.6 Å². The molecule has 1 aliphatic carbocycles. The molecule has 0 amide bonds. The van der Waals surface area contributed by atoms with Crippen molar-refractivity contribution in [3.8, 4) is 33.5 Å². The summed E-state index contributed by atoms with van der Waals surface area (Å²) in [5, 5.41) is 2.51. The Balaban J connectivity index is 1.90. The lowest BCUT2D eigenvalue weighted by molar-refractivity contribution is 1.21. The Morgan fingerprint density at radius 3 is 2.55 bits per heavy atom. The molecular formula is C20H11N2. The van der Waals surface area contributed by atoms with Crippen LogP contribution >= 0.6 is 0 Å². The Kier molecular flexibility index (Phi) is 2.25. The number of hydrogen-bond acceptors (Lipinski definition) is 2. The second-order valence-corrected chi connectivity index (χ2v) is 5.46. The van der Waals surface area contributed by atoms with Crippen molar-refractivity contribution in [2.75, 3.05) is 0 Å². The molecule has 0 saturated carbocycles. The number of benzene rings is 3. The molecule has 4 aromatic rings. The molecule has 0 N–H and O–H groups in total. The topological polar surface area (TPSA) is 25.8 Å². The lowest BCUT2D eigenvalue weighted by atomic mass is 9.98. The van der Waals surface area contributed by atoms with Gasteiger partial charge in [0.1, 0.15) is 0 Å². The van der Waals surface area contributed by atoms with Crippen LogP contribution in [-0.2, 0) is 0 Å². The molecule has 101 valence electrons. The molecule has 1 aliphatic rings. The molecule has 22 heavy (non-hydrogen) atoms. The van der Waals surface area contributed by atoms with Crippen LogP contribution in [0.4, 0.5) is 0 Å². The lowest BCUT2D eigenvalue weighted by Crippen LogP contribution is -1.86. The Labute approximate surface area is 128 Å². The van der Waals surface area contributed by atoms with E-state index in [1.807, 2.05) is 0 Å². The van der Waals surface area contributed by atoms with Crippen LogP contribution in [-0.4, -0.2) is 9.97 Å². The molecule has 0 saturated heterocycles. The molecule has 1 heterocycles. The number of nitrogens with zero attached hydrogens (tertiary/aromatic N) is 2. The standard InChI is InChI=1S/C20H11N2/c1-2-6-16-15(5-1)17-7-3-4-13-10-14(11-18(16)20(13)17)19-12-21-8-9-22-19/h1-10,12H. The van der Waals surface area contributed by atoms with Crippen molar-refractivity contribution in [2.24, 2.45) is 0 Å². The molecule has 2 heteroatoms. The maximum atomic E-state index is 4.41. The van der Waals surface area contributed by atoms with E-state index in [4.69, 9.17) is 0 Å². The fourth-order valence-electron chi connectivity index (χ4n) is 3.30. The first-order chi connectivity index (χ1) is 10.9. The van der Waals surface area contributed by atoms with Crippen molar-refractivity contribution >= 4 is 10.8 Å². The van der Waals surface area contributed by atoms with Crippen molar-refractivity contribution in [2.45, 2.75) is 0 Å². The zero-order chi connectivity index (χ0) is 14.5. The smallest absolute Gasteiger partial charge is 0.0891 e. The van der Waals surface area contributed by atoms with E-state index in [0.717, 1.165) is 11.3 Å². The van der Waals surface area contributed by atoms with Crippen molar-refractivity contribution in [1.82, 2.24) is 9.97 Å². The van der Waals surface area contributed by atoms with E-state index in [9.17, 15) is 0 Å². The predicted molar refractivity (Wildman–Crippen MR) is 88.2 cm³/mol. The molecule has 3 aromatic carbocycles. The zero-order valence-corrected chi connectivity index (χ0v) is 11.7. The maximum Gasteiger partial charge on any atom is 0.0891 e. The summed E-state index contributed by atoms with van der Waals surface area (Å²) in [5.41, 5.74) is 6.85. The monoisotopic (exact) mass is 279 g/mol. The highest BCUT2D eigenvalue weighted by molar-refractivity contribution is 6.16. The normalized spacial score (nSPS) is 11.6. The molecule has 1 radical (unpaired) electrons. The van der Waals surface area contributed by atoms with Crippen molar-refractivity contribution < 1.29 is 0 Å². The SMILES string of the molecule is [c]1c(-c2cnccn2)cc2cccc3c2c1-c1ccccc1-3. The minimum atomic E-state index is 0.857. The Morgan fingerprint density at radius 2 is 1.68 bits per heavy atom. The highest BCUT2D eigenvalue weighted by Crippen LogP contribution is 2.47. The van der Waals surface area contributed by atoms with E-state index >= 15 is 0 Å². The van der Waals surface area contributed by atoms with E-state index < -0.39 is 0 Å². The predicted octanol–water partition coefficient (Wildman–Crippen LogP) is 4.74. The average molecular weight is 279 g/mol. The molecular weight excluding hydrogens is 268 g/mol. The molecule has 5 rings (SSSR count). The van der Waals surface area contributed by atoms with Gasteiger partial charge in [-0.05, 0) is 39.1 Å². The zero-order valence-electron chi connectivity index (χ0n) is 11.7. The third-order valence-electron chi connectivity index (χ3n) is 4.23. The number of hydrogen-bond donors (Lipinski definition) is 0. The Morgan fingerprint density at radius 1 is 0.818 bits per heavy atom. The first kappa shape index (κ1) is 11.6. The molecule has 2 nitrogen and oxygen atoms in total. The van der Waals surface area contributed by atoms with Crippen molar-refractivity contribution in [1.29, 1.82) is 0 Å². The first-order valence-corrected chi connectivity index (χ1v) is 7.27. The molecule has 0 aliphatic heterocycles. The summed E-state index contributed by atoms with van der Waals surface area (Å²) in [7, 11) is 0. The van der Waals surface area contributed by atoms with Crippen LogP contribution in [0.2, 0.25) is 0 Å². The van der Waals surface area contributed by atoms with Gasteiger partial charge in [-0.1, -0.05) is 42.5 Å². The highest BCUT2D eigenvalue weighted by Gasteiger charge is 2.21. The van der Waals surface area contributed by atoms with E-state index in [0.29, 0.717) is 0 Å². The molecule has 1 aromatic heterocycles. The quantitative estimate of drug-likeness (QED) is 0.443. The van der Waals surface area contributed by atoms with Gasteiger partial charge in [0.05, 0.1) is 11.9 Å². The van der Waals surface area contributed by atoms with Crippen LogP contribution < -0.4 is 0 Å². The van der Waals surface area contributed by atoms with Crippen LogP contribution in [0.5, 0.6) is 0 Å². The minimum Gasteiger partial charge on any atom is -0.261 e. The van der Waals surface area contributed by atoms with E-state index in [-0.39, 0.29) is 0 Å².